The van der Waals surface area contributed by atoms with E-state index in [4.69, 9.17) is 0 Å². The lowest BCUT2D eigenvalue weighted by atomic mass is 10.2. The van der Waals surface area contributed by atoms with Crippen LogP contribution in [0.1, 0.15) is 11.3 Å². The summed E-state index contributed by atoms with van der Waals surface area (Å²) >= 11 is 6.58. The maximum Gasteiger partial charge on any atom is 0.242 e. The van der Waals surface area contributed by atoms with Crippen LogP contribution in [0.4, 0.5) is 0 Å². The molecule has 102 valence electrons. The van der Waals surface area contributed by atoms with Crippen LogP contribution < -0.4 is 4.72 Å². The molecule has 0 bridgehead atoms. The van der Waals surface area contributed by atoms with Crippen LogP contribution in [-0.4, -0.2) is 13.6 Å². The molecule has 0 aliphatic heterocycles. The van der Waals surface area contributed by atoms with Crippen molar-refractivity contribution in [1.29, 1.82) is 0 Å². The maximum absolute atomic E-state index is 12.2. The monoisotopic (exact) mass is 408 g/mol. The lowest BCUT2D eigenvalue weighted by Crippen LogP contribution is -2.23. The van der Waals surface area contributed by atoms with Gasteiger partial charge in [0, 0.05) is 15.0 Å². The first kappa shape index (κ1) is 14.7. The summed E-state index contributed by atoms with van der Waals surface area (Å²) in [4.78, 5) is 0.175. The molecule has 2 aromatic rings. The molecule has 0 spiro atoms. The van der Waals surface area contributed by atoms with Gasteiger partial charge < -0.3 is 4.52 Å². The minimum atomic E-state index is -3.61. The van der Waals surface area contributed by atoms with Gasteiger partial charge in [-0.1, -0.05) is 21.1 Å². The van der Waals surface area contributed by atoms with Crippen molar-refractivity contribution in [2.45, 2.75) is 18.4 Å². The normalized spacial score (nSPS) is 11.7. The van der Waals surface area contributed by atoms with E-state index < -0.39 is 10.0 Å². The van der Waals surface area contributed by atoms with Crippen LogP contribution in [0.25, 0.3) is 0 Å². The van der Waals surface area contributed by atoms with Gasteiger partial charge in [-0.15, -0.1) is 0 Å². The van der Waals surface area contributed by atoms with Crippen molar-refractivity contribution in [3.05, 3.63) is 44.7 Å². The molecule has 0 aliphatic carbocycles. The molecule has 2 rings (SSSR count). The van der Waals surface area contributed by atoms with Crippen molar-refractivity contribution < 1.29 is 12.9 Å². The van der Waals surface area contributed by atoms with Crippen LogP contribution in [0.15, 0.2) is 42.8 Å². The number of nitrogens with one attached hydrogen (secondary N) is 1. The largest absolute Gasteiger partial charge is 0.364 e. The van der Waals surface area contributed by atoms with Crippen molar-refractivity contribution in [2.24, 2.45) is 0 Å². The highest BCUT2D eigenvalue weighted by Gasteiger charge is 2.19. The van der Waals surface area contributed by atoms with Gasteiger partial charge in [0.25, 0.3) is 0 Å². The van der Waals surface area contributed by atoms with Gasteiger partial charge in [0.05, 0.1) is 17.1 Å². The van der Waals surface area contributed by atoms with Crippen LogP contribution >= 0.6 is 31.9 Å². The topological polar surface area (TPSA) is 72.2 Å². The number of aromatic nitrogens is 1. The highest BCUT2D eigenvalue weighted by Crippen LogP contribution is 2.28. The summed E-state index contributed by atoms with van der Waals surface area (Å²) in [5.41, 5.74) is 1.47. The molecule has 8 heteroatoms. The van der Waals surface area contributed by atoms with Crippen LogP contribution in [0, 0.1) is 6.92 Å². The molecular weight excluding hydrogens is 400 g/mol. The third-order valence-corrected chi connectivity index (χ3v) is 5.65. The number of halogens is 2. The Bertz CT molecular complexity index is 684. The molecule has 0 radical (unpaired) electrons. The smallest absolute Gasteiger partial charge is 0.242 e. The second kappa shape index (κ2) is 5.74. The summed E-state index contributed by atoms with van der Waals surface area (Å²) in [6, 6.07) is 4.90. The van der Waals surface area contributed by atoms with Crippen molar-refractivity contribution in [1.82, 2.24) is 9.88 Å². The highest BCUT2D eigenvalue weighted by molar-refractivity contribution is 9.11. The lowest BCUT2D eigenvalue weighted by molar-refractivity contribution is 0.411. The first-order valence-electron chi connectivity index (χ1n) is 5.25. The Balaban J connectivity index is 2.27. The summed E-state index contributed by atoms with van der Waals surface area (Å²) in [6.07, 6.45) is 1.39. The summed E-state index contributed by atoms with van der Waals surface area (Å²) < 4.78 is 32.7. The maximum atomic E-state index is 12.2. The molecule has 0 aliphatic rings. The van der Waals surface area contributed by atoms with E-state index in [0.717, 1.165) is 10.0 Å². The van der Waals surface area contributed by atoms with Crippen molar-refractivity contribution >= 4 is 41.9 Å². The molecule has 19 heavy (non-hydrogen) atoms. The van der Waals surface area contributed by atoms with Gasteiger partial charge in [-0.25, -0.2) is 13.1 Å². The molecule has 1 aromatic carbocycles. The van der Waals surface area contributed by atoms with Crippen molar-refractivity contribution in [2.75, 3.05) is 0 Å². The minimum absolute atomic E-state index is 0.0801. The molecule has 1 aromatic heterocycles. The SMILES string of the molecule is Cc1cc(Br)c(S(=O)(=O)NCc2ccon2)cc1Br. The zero-order valence-electron chi connectivity index (χ0n) is 9.85. The molecule has 1 N–H and O–H groups in total. The number of nitrogens with zero attached hydrogens (tertiary/aromatic N) is 1. The fourth-order valence-corrected chi connectivity index (χ4v) is 4.08. The number of aryl methyl sites for hydroxylation is 1. The fourth-order valence-electron chi connectivity index (χ4n) is 1.41. The van der Waals surface area contributed by atoms with E-state index in [1.165, 1.54) is 6.26 Å². The molecule has 0 atom stereocenters. The standard InChI is InChI=1S/C11H10Br2N2O3S/c1-7-4-10(13)11(5-9(7)12)19(16,17)14-6-8-2-3-18-15-8/h2-5,14H,6H2,1H3. The summed E-state index contributed by atoms with van der Waals surface area (Å²) in [7, 11) is -3.61. The predicted octanol–water partition coefficient (Wildman–Crippen LogP) is 2.99. The van der Waals surface area contributed by atoms with Gasteiger partial charge in [-0.2, -0.15) is 0 Å². The molecule has 0 unspecified atom stereocenters. The van der Waals surface area contributed by atoms with Gasteiger partial charge in [-0.3, -0.25) is 0 Å². The third-order valence-electron chi connectivity index (χ3n) is 2.44. The Hall–Kier alpha value is -0.700. The van der Waals surface area contributed by atoms with Crippen LogP contribution in [0.2, 0.25) is 0 Å². The van der Waals surface area contributed by atoms with E-state index in [2.05, 4.69) is 46.3 Å². The van der Waals surface area contributed by atoms with E-state index in [9.17, 15) is 8.42 Å². The summed E-state index contributed by atoms with van der Waals surface area (Å²) in [6.45, 7) is 1.96. The summed E-state index contributed by atoms with van der Waals surface area (Å²) in [5.74, 6) is 0. The number of benzene rings is 1. The van der Waals surface area contributed by atoms with Crippen molar-refractivity contribution in [3.63, 3.8) is 0 Å². The van der Waals surface area contributed by atoms with Crippen LogP contribution in [0.3, 0.4) is 0 Å². The Morgan fingerprint density at radius 3 is 2.68 bits per heavy atom. The molecule has 0 amide bonds. The number of hydrogen-bond donors (Lipinski definition) is 1. The van der Waals surface area contributed by atoms with E-state index in [1.54, 1.807) is 18.2 Å². The molecular formula is C11H10Br2N2O3S. The highest BCUT2D eigenvalue weighted by atomic mass is 79.9. The van der Waals surface area contributed by atoms with E-state index in [0.29, 0.717) is 10.2 Å². The quantitative estimate of drug-likeness (QED) is 0.842. The van der Waals surface area contributed by atoms with Crippen LogP contribution in [0.5, 0.6) is 0 Å². The van der Waals surface area contributed by atoms with Gasteiger partial charge in [0.15, 0.2) is 0 Å². The first-order chi connectivity index (χ1) is 8.90. The van der Waals surface area contributed by atoms with E-state index in [-0.39, 0.29) is 11.4 Å². The minimum Gasteiger partial charge on any atom is -0.364 e. The zero-order valence-corrected chi connectivity index (χ0v) is 13.8. The molecule has 0 saturated carbocycles. The van der Waals surface area contributed by atoms with E-state index in [1.807, 2.05) is 6.92 Å². The van der Waals surface area contributed by atoms with Crippen molar-refractivity contribution in [3.8, 4) is 0 Å². The zero-order chi connectivity index (χ0) is 14.0. The predicted molar refractivity (Wildman–Crippen MR) is 77.1 cm³/mol. The number of rotatable bonds is 4. The fraction of sp³-hybridized carbons (Fsp3) is 0.182. The molecule has 0 saturated heterocycles. The van der Waals surface area contributed by atoms with Gasteiger partial charge in [0.1, 0.15) is 6.26 Å². The van der Waals surface area contributed by atoms with Gasteiger partial charge >= 0.3 is 0 Å². The summed E-state index contributed by atoms with van der Waals surface area (Å²) in [5, 5.41) is 3.64. The number of sulfonamides is 1. The average Bonchev–Trinajstić information content (AvgIpc) is 2.84. The molecule has 5 nitrogen and oxygen atoms in total. The number of hydrogen-bond acceptors (Lipinski definition) is 4. The Morgan fingerprint density at radius 2 is 2.05 bits per heavy atom. The second-order valence-corrected chi connectivity index (χ2v) is 7.29. The molecule has 1 heterocycles. The van der Waals surface area contributed by atoms with Gasteiger partial charge in [-0.05, 0) is 40.5 Å². The van der Waals surface area contributed by atoms with Gasteiger partial charge in [0.2, 0.25) is 10.0 Å². The second-order valence-electron chi connectivity index (χ2n) is 3.85. The first-order valence-corrected chi connectivity index (χ1v) is 8.31. The Morgan fingerprint density at radius 1 is 1.32 bits per heavy atom. The average molecular weight is 410 g/mol. The lowest BCUT2D eigenvalue weighted by Gasteiger charge is -2.09. The molecule has 0 fully saturated rings. The third kappa shape index (κ3) is 3.44. The Labute approximate surface area is 127 Å². The Kier molecular flexibility index (Phi) is 4.44. The van der Waals surface area contributed by atoms with Crippen LogP contribution in [-0.2, 0) is 16.6 Å². The van der Waals surface area contributed by atoms with E-state index >= 15 is 0 Å².